The minimum atomic E-state index is -0.327. The van der Waals surface area contributed by atoms with Crippen LogP contribution in [0, 0.1) is 5.82 Å². The van der Waals surface area contributed by atoms with E-state index in [9.17, 15) is 4.39 Å². The van der Waals surface area contributed by atoms with Gasteiger partial charge in [-0.05, 0) is 25.5 Å². The van der Waals surface area contributed by atoms with Crippen molar-refractivity contribution in [3.63, 3.8) is 0 Å². The summed E-state index contributed by atoms with van der Waals surface area (Å²) in [7, 11) is 0. The highest BCUT2D eigenvalue weighted by atomic mass is 19.1. The van der Waals surface area contributed by atoms with Gasteiger partial charge in [0.05, 0.1) is 0 Å². The van der Waals surface area contributed by atoms with Gasteiger partial charge in [-0.2, -0.15) is 0 Å². The van der Waals surface area contributed by atoms with Crippen LogP contribution in [0.2, 0.25) is 0 Å². The molecule has 0 bridgehead atoms. The summed E-state index contributed by atoms with van der Waals surface area (Å²) in [5.41, 5.74) is 5.54. The molecule has 13 heavy (non-hydrogen) atoms. The summed E-state index contributed by atoms with van der Waals surface area (Å²) in [5, 5.41) is 2.88. The molecule has 0 aliphatic carbocycles. The normalized spacial score (nSPS) is 12.5. The Bertz CT molecular complexity index is 263. The van der Waals surface area contributed by atoms with Crippen molar-refractivity contribution in [1.29, 1.82) is 0 Å². The second-order valence-corrected chi connectivity index (χ2v) is 3.03. The monoisotopic (exact) mass is 183 g/mol. The highest BCUT2D eigenvalue weighted by molar-refractivity contribution is 5.35. The molecule has 1 rings (SSSR count). The molecule has 0 spiro atoms. The van der Waals surface area contributed by atoms with Crippen LogP contribution in [0.4, 0.5) is 10.2 Å². The topological polar surface area (TPSA) is 50.9 Å². The Kier molecular flexibility index (Phi) is 3.64. The zero-order valence-corrected chi connectivity index (χ0v) is 7.63. The van der Waals surface area contributed by atoms with Gasteiger partial charge in [0.15, 0.2) is 11.6 Å². The van der Waals surface area contributed by atoms with Crippen LogP contribution in [-0.4, -0.2) is 17.6 Å². The Hall–Kier alpha value is -1.16. The van der Waals surface area contributed by atoms with Gasteiger partial charge in [-0.1, -0.05) is 0 Å². The van der Waals surface area contributed by atoms with E-state index in [2.05, 4.69) is 10.3 Å². The number of nitrogens with two attached hydrogens (primary N) is 1. The van der Waals surface area contributed by atoms with Crippen molar-refractivity contribution in [3.8, 4) is 0 Å². The smallest absolute Gasteiger partial charge is 0.165 e. The van der Waals surface area contributed by atoms with Gasteiger partial charge in [0.2, 0.25) is 0 Å². The lowest BCUT2D eigenvalue weighted by Gasteiger charge is -2.07. The number of nitrogens with zero attached hydrogens (tertiary/aromatic N) is 1. The quantitative estimate of drug-likeness (QED) is 0.741. The Labute approximate surface area is 77.2 Å². The van der Waals surface area contributed by atoms with Crippen molar-refractivity contribution in [2.24, 2.45) is 5.73 Å². The number of rotatable bonds is 4. The van der Waals surface area contributed by atoms with Crippen LogP contribution in [0.3, 0.4) is 0 Å². The highest BCUT2D eigenvalue weighted by Gasteiger charge is 2.00. The SMILES string of the molecule is CC(N)CCNc1ncccc1F. The van der Waals surface area contributed by atoms with Crippen molar-refractivity contribution < 1.29 is 4.39 Å². The molecule has 4 heteroatoms. The van der Waals surface area contributed by atoms with E-state index >= 15 is 0 Å². The van der Waals surface area contributed by atoms with Crippen LogP contribution in [0.25, 0.3) is 0 Å². The molecule has 0 saturated carbocycles. The average molecular weight is 183 g/mol. The molecular weight excluding hydrogens is 169 g/mol. The fraction of sp³-hybridized carbons (Fsp3) is 0.444. The molecule has 0 aromatic carbocycles. The van der Waals surface area contributed by atoms with E-state index in [1.54, 1.807) is 12.3 Å². The lowest BCUT2D eigenvalue weighted by atomic mass is 10.2. The molecule has 3 N–H and O–H groups in total. The minimum absolute atomic E-state index is 0.124. The first-order chi connectivity index (χ1) is 6.20. The molecule has 0 fully saturated rings. The largest absolute Gasteiger partial charge is 0.368 e. The van der Waals surface area contributed by atoms with E-state index in [0.717, 1.165) is 6.42 Å². The molecule has 0 amide bonds. The molecule has 0 saturated heterocycles. The van der Waals surface area contributed by atoms with Gasteiger partial charge in [0.25, 0.3) is 0 Å². The lowest BCUT2D eigenvalue weighted by molar-refractivity contribution is 0.620. The van der Waals surface area contributed by atoms with Gasteiger partial charge in [0, 0.05) is 18.8 Å². The molecule has 1 unspecified atom stereocenters. The van der Waals surface area contributed by atoms with E-state index in [4.69, 9.17) is 5.73 Å². The van der Waals surface area contributed by atoms with Crippen LogP contribution in [-0.2, 0) is 0 Å². The molecule has 1 heterocycles. The Balaban J connectivity index is 2.41. The van der Waals surface area contributed by atoms with Crippen LogP contribution >= 0.6 is 0 Å². The predicted molar refractivity (Wildman–Crippen MR) is 51.0 cm³/mol. The van der Waals surface area contributed by atoms with Crippen molar-refractivity contribution in [2.45, 2.75) is 19.4 Å². The van der Waals surface area contributed by atoms with Crippen molar-refractivity contribution in [2.75, 3.05) is 11.9 Å². The van der Waals surface area contributed by atoms with E-state index in [0.29, 0.717) is 12.4 Å². The zero-order valence-electron chi connectivity index (χ0n) is 7.63. The van der Waals surface area contributed by atoms with Crippen LogP contribution < -0.4 is 11.1 Å². The van der Waals surface area contributed by atoms with Crippen molar-refractivity contribution in [3.05, 3.63) is 24.1 Å². The summed E-state index contributed by atoms with van der Waals surface area (Å²) in [6.07, 6.45) is 2.35. The molecule has 72 valence electrons. The number of pyridine rings is 1. The number of nitrogens with one attached hydrogen (secondary N) is 1. The summed E-state index contributed by atoms with van der Waals surface area (Å²) >= 11 is 0. The van der Waals surface area contributed by atoms with E-state index < -0.39 is 0 Å². The lowest BCUT2D eigenvalue weighted by Crippen LogP contribution is -2.19. The third-order valence-electron chi connectivity index (χ3n) is 1.65. The third kappa shape index (κ3) is 3.38. The van der Waals surface area contributed by atoms with Gasteiger partial charge in [-0.25, -0.2) is 9.37 Å². The van der Waals surface area contributed by atoms with Crippen molar-refractivity contribution in [1.82, 2.24) is 4.98 Å². The second-order valence-electron chi connectivity index (χ2n) is 3.03. The van der Waals surface area contributed by atoms with Crippen LogP contribution in [0.1, 0.15) is 13.3 Å². The first-order valence-corrected chi connectivity index (χ1v) is 4.30. The van der Waals surface area contributed by atoms with Gasteiger partial charge in [0.1, 0.15) is 0 Å². The molecule has 1 atom stereocenters. The van der Waals surface area contributed by atoms with E-state index in [1.807, 2.05) is 6.92 Å². The summed E-state index contributed by atoms with van der Waals surface area (Å²) in [6.45, 7) is 2.56. The maximum absolute atomic E-state index is 13.0. The summed E-state index contributed by atoms with van der Waals surface area (Å²) < 4.78 is 13.0. The molecule has 0 aliphatic heterocycles. The minimum Gasteiger partial charge on any atom is -0.368 e. The number of anilines is 1. The fourth-order valence-corrected chi connectivity index (χ4v) is 0.934. The highest BCUT2D eigenvalue weighted by Crippen LogP contribution is 2.07. The third-order valence-corrected chi connectivity index (χ3v) is 1.65. The Morgan fingerprint density at radius 2 is 2.46 bits per heavy atom. The van der Waals surface area contributed by atoms with Crippen molar-refractivity contribution >= 4 is 5.82 Å². The average Bonchev–Trinajstić information content (AvgIpc) is 2.08. The molecule has 0 aliphatic rings. The predicted octanol–water partition coefficient (Wildman–Crippen LogP) is 1.37. The summed E-state index contributed by atoms with van der Waals surface area (Å²) in [5.74, 6) is -0.0321. The summed E-state index contributed by atoms with van der Waals surface area (Å²) in [4.78, 5) is 3.85. The molecule has 3 nitrogen and oxygen atoms in total. The molecular formula is C9H14FN3. The maximum Gasteiger partial charge on any atom is 0.165 e. The molecule has 0 radical (unpaired) electrons. The van der Waals surface area contributed by atoms with Gasteiger partial charge >= 0.3 is 0 Å². The number of halogens is 1. The van der Waals surface area contributed by atoms with Gasteiger partial charge in [-0.3, -0.25) is 0 Å². The maximum atomic E-state index is 13.0. The van der Waals surface area contributed by atoms with Gasteiger partial charge < -0.3 is 11.1 Å². The van der Waals surface area contributed by atoms with Crippen LogP contribution in [0.5, 0.6) is 0 Å². The van der Waals surface area contributed by atoms with Gasteiger partial charge in [-0.15, -0.1) is 0 Å². The first kappa shape index (κ1) is 9.92. The standard InChI is InChI=1S/C9H14FN3/c1-7(11)4-6-13-9-8(10)3-2-5-12-9/h2-3,5,7H,4,6,11H2,1H3,(H,12,13). The Morgan fingerprint density at radius 1 is 1.69 bits per heavy atom. The van der Waals surface area contributed by atoms with E-state index in [1.165, 1.54) is 6.07 Å². The number of hydrogen-bond acceptors (Lipinski definition) is 3. The van der Waals surface area contributed by atoms with Crippen LogP contribution in [0.15, 0.2) is 18.3 Å². The molecule has 1 aromatic rings. The number of hydrogen-bond donors (Lipinski definition) is 2. The molecule has 1 aromatic heterocycles. The fourth-order valence-electron chi connectivity index (χ4n) is 0.934. The second kappa shape index (κ2) is 4.77. The summed E-state index contributed by atoms with van der Waals surface area (Å²) in [6, 6.07) is 3.06. The number of aromatic nitrogens is 1. The first-order valence-electron chi connectivity index (χ1n) is 4.30. The zero-order chi connectivity index (χ0) is 9.68. The Morgan fingerprint density at radius 3 is 3.08 bits per heavy atom. The van der Waals surface area contributed by atoms with E-state index in [-0.39, 0.29) is 11.9 Å².